The number of hydrogen-bond acceptors (Lipinski definition) is 3. The van der Waals surface area contributed by atoms with Gasteiger partial charge in [0.25, 0.3) is 6.43 Å². The first-order chi connectivity index (χ1) is 5.73. The Labute approximate surface area is 77.3 Å². The Balaban J connectivity index is 4.22. The number of nitrogens with zero attached hydrogens (tertiary/aromatic N) is 1. The van der Waals surface area contributed by atoms with E-state index < -0.39 is 13.0 Å². The molecule has 0 aromatic rings. The number of hydrazine groups is 1. The zero-order valence-corrected chi connectivity index (χ0v) is 8.22. The Hall–Kier alpha value is -0.840. The van der Waals surface area contributed by atoms with E-state index >= 15 is 0 Å². The summed E-state index contributed by atoms with van der Waals surface area (Å²) in [4.78, 5) is 0. The topological polar surface area (TPSA) is 55.3 Å². The van der Waals surface area contributed by atoms with Gasteiger partial charge in [0.1, 0.15) is 0 Å². The molecule has 78 valence electrons. The first-order valence-corrected chi connectivity index (χ1v) is 4.00. The lowest BCUT2D eigenvalue weighted by Crippen LogP contribution is -2.33. The predicted octanol–water partition coefficient (Wildman–Crippen LogP) is 1.27. The maximum Gasteiger partial charge on any atom is 0.257 e. The van der Waals surface area contributed by atoms with Crippen LogP contribution in [0.15, 0.2) is 11.9 Å². The van der Waals surface area contributed by atoms with Crippen molar-refractivity contribution in [1.29, 1.82) is 0 Å². The molecule has 0 aliphatic rings. The van der Waals surface area contributed by atoms with Crippen molar-refractivity contribution in [3.63, 3.8) is 0 Å². The van der Waals surface area contributed by atoms with Crippen LogP contribution >= 0.6 is 0 Å². The van der Waals surface area contributed by atoms with Gasteiger partial charge in [-0.05, 0) is 0 Å². The van der Waals surface area contributed by atoms with Crippen LogP contribution < -0.4 is 11.6 Å². The number of rotatable bonds is 3. The van der Waals surface area contributed by atoms with Gasteiger partial charge < -0.3 is 10.7 Å². The van der Waals surface area contributed by atoms with E-state index in [2.05, 4.69) is 0 Å². The summed E-state index contributed by atoms with van der Waals surface area (Å²) in [5.41, 5.74) is 5.85. The highest BCUT2D eigenvalue weighted by molar-refractivity contribution is 5.04. The predicted molar refractivity (Wildman–Crippen MR) is 48.6 cm³/mol. The van der Waals surface area contributed by atoms with Crippen molar-refractivity contribution in [3.05, 3.63) is 11.9 Å². The molecule has 0 aliphatic carbocycles. The SMILES string of the molecule is CC(C)(C)/C(N)=C/N(N)CC(F)F. The van der Waals surface area contributed by atoms with Gasteiger partial charge in [0.05, 0.1) is 6.54 Å². The lowest BCUT2D eigenvalue weighted by Gasteiger charge is -2.22. The molecule has 0 heterocycles. The molecule has 4 N–H and O–H groups in total. The third-order valence-corrected chi connectivity index (χ3v) is 1.52. The summed E-state index contributed by atoms with van der Waals surface area (Å²) in [6.07, 6.45) is -1.11. The molecular formula is C8H17F2N3. The Bertz CT molecular complexity index is 184. The Morgan fingerprint density at radius 3 is 2.23 bits per heavy atom. The van der Waals surface area contributed by atoms with Gasteiger partial charge in [-0.15, -0.1) is 0 Å². The quantitative estimate of drug-likeness (QED) is 0.524. The highest BCUT2D eigenvalue weighted by Gasteiger charge is 2.15. The normalized spacial score (nSPS) is 13.6. The van der Waals surface area contributed by atoms with Gasteiger partial charge >= 0.3 is 0 Å². The van der Waals surface area contributed by atoms with Gasteiger partial charge in [0.15, 0.2) is 0 Å². The second-order valence-electron chi connectivity index (χ2n) is 3.92. The third kappa shape index (κ3) is 5.41. The van der Waals surface area contributed by atoms with E-state index in [1.165, 1.54) is 6.20 Å². The van der Waals surface area contributed by atoms with Crippen LogP contribution in [0.2, 0.25) is 0 Å². The molecule has 0 atom stereocenters. The monoisotopic (exact) mass is 193 g/mol. The molecule has 0 aromatic carbocycles. The summed E-state index contributed by atoms with van der Waals surface area (Å²) in [7, 11) is 0. The van der Waals surface area contributed by atoms with E-state index in [1.807, 2.05) is 20.8 Å². The largest absolute Gasteiger partial charge is 0.400 e. The molecule has 0 spiro atoms. The minimum Gasteiger partial charge on any atom is -0.400 e. The number of hydrogen-bond donors (Lipinski definition) is 2. The van der Waals surface area contributed by atoms with Crippen LogP contribution in [0.4, 0.5) is 8.78 Å². The maximum atomic E-state index is 11.8. The fourth-order valence-corrected chi connectivity index (χ4v) is 0.584. The fraction of sp³-hybridized carbons (Fsp3) is 0.750. The van der Waals surface area contributed by atoms with Crippen molar-refractivity contribution in [3.8, 4) is 0 Å². The molecule has 13 heavy (non-hydrogen) atoms. The van der Waals surface area contributed by atoms with Crippen LogP contribution in [-0.2, 0) is 0 Å². The summed E-state index contributed by atoms with van der Waals surface area (Å²) in [6.45, 7) is 5.15. The third-order valence-electron chi connectivity index (χ3n) is 1.52. The van der Waals surface area contributed by atoms with Crippen LogP contribution in [0.1, 0.15) is 20.8 Å². The molecule has 5 heteroatoms. The van der Waals surface area contributed by atoms with Crippen LogP contribution in [0, 0.1) is 5.41 Å². The molecule has 0 aromatic heterocycles. The van der Waals surface area contributed by atoms with Gasteiger partial charge in [-0.3, -0.25) is 0 Å². The fourth-order valence-electron chi connectivity index (χ4n) is 0.584. The number of nitrogens with two attached hydrogens (primary N) is 2. The van der Waals surface area contributed by atoms with E-state index in [0.29, 0.717) is 5.70 Å². The number of halogens is 2. The molecule has 0 saturated carbocycles. The molecule has 3 nitrogen and oxygen atoms in total. The van der Waals surface area contributed by atoms with Crippen molar-refractivity contribution in [2.45, 2.75) is 27.2 Å². The van der Waals surface area contributed by atoms with E-state index in [9.17, 15) is 8.78 Å². The van der Waals surface area contributed by atoms with Crippen LogP contribution in [0.3, 0.4) is 0 Å². The molecular weight excluding hydrogens is 176 g/mol. The van der Waals surface area contributed by atoms with Crippen molar-refractivity contribution in [2.24, 2.45) is 17.0 Å². The second kappa shape index (κ2) is 4.41. The Kier molecular flexibility index (Phi) is 4.13. The summed E-state index contributed by atoms with van der Waals surface area (Å²) in [5.74, 6) is 5.27. The average Bonchev–Trinajstić information content (AvgIpc) is 1.82. The Morgan fingerprint density at radius 2 is 1.92 bits per heavy atom. The summed E-state index contributed by atoms with van der Waals surface area (Å²) in [6, 6.07) is 0. The van der Waals surface area contributed by atoms with Crippen LogP contribution in [-0.4, -0.2) is 18.0 Å². The second-order valence-corrected chi connectivity index (χ2v) is 3.92. The zero-order valence-electron chi connectivity index (χ0n) is 8.22. The van der Waals surface area contributed by atoms with Crippen molar-refractivity contribution < 1.29 is 8.78 Å². The van der Waals surface area contributed by atoms with Crippen molar-refractivity contribution >= 4 is 0 Å². The van der Waals surface area contributed by atoms with Gasteiger partial charge in [0, 0.05) is 17.3 Å². The van der Waals surface area contributed by atoms with Crippen molar-refractivity contribution in [2.75, 3.05) is 6.54 Å². The molecule has 0 radical (unpaired) electrons. The zero-order chi connectivity index (χ0) is 10.6. The maximum absolute atomic E-state index is 11.8. The van der Waals surface area contributed by atoms with Gasteiger partial charge in [-0.1, -0.05) is 20.8 Å². The standard InChI is InChI=1S/C8H17F2N3/c1-8(2,3)6(11)4-13(12)5-7(9)10/h4,7H,5,11-12H2,1-3H3/b6-4-. The van der Waals surface area contributed by atoms with E-state index in [1.54, 1.807) is 0 Å². The average molecular weight is 193 g/mol. The van der Waals surface area contributed by atoms with Gasteiger partial charge in [-0.2, -0.15) is 0 Å². The van der Waals surface area contributed by atoms with E-state index in [-0.39, 0.29) is 5.41 Å². The van der Waals surface area contributed by atoms with Crippen LogP contribution in [0.25, 0.3) is 0 Å². The highest BCUT2D eigenvalue weighted by Crippen LogP contribution is 2.20. The summed E-state index contributed by atoms with van der Waals surface area (Å²) < 4.78 is 23.7. The highest BCUT2D eigenvalue weighted by atomic mass is 19.3. The molecule has 0 bridgehead atoms. The van der Waals surface area contributed by atoms with Crippen molar-refractivity contribution in [1.82, 2.24) is 5.01 Å². The van der Waals surface area contributed by atoms with Gasteiger partial charge in [-0.25, -0.2) is 14.6 Å². The number of allylic oxidation sites excluding steroid dienone is 1. The molecule has 0 amide bonds. The molecule has 0 aliphatic heterocycles. The molecule has 0 fully saturated rings. The number of alkyl halides is 2. The van der Waals surface area contributed by atoms with E-state index in [4.69, 9.17) is 11.6 Å². The smallest absolute Gasteiger partial charge is 0.257 e. The molecule has 0 saturated heterocycles. The van der Waals surface area contributed by atoms with Crippen LogP contribution in [0.5, 0.6) is 0 Å². The lowest BCUT2D eigenvalue weighted by atomic mass is 9.93. The van der Waals surface area contributed by atoms with E-state index in [0.717, 1.165) is 5.01 Å². The lowest BCUT2D eigenvalue weighted by molar-refractivity contribution is 0.108. The molecule has 0 rings (SSSR count). The molecule has 0 unspecified atom stereocenters. The summed E-state index contributed by atoms with van der Waals surface area (Å²) in [5, 5.41) is 0.908. The first-order valence-electron chi connectivity index (χ1n) is 4.00. The minimum atomic E-state index is -2.45. The Morgan fingerprint density at radius 1 is 1.46 bits per heavy atom. The minimum absolute atomic E-state index is 0.250. The first kappa shape index (κ1) is 12.2. The summed E-state index contributed by atoms with van der Waals surface area (Å²) >= 11 is 0. The van der Waals surface area contributed by atoms with Gasteiger partial charge in [0.2, 0.25) is 0 Å².